The van der Waals surface area contributed by atoms with Crippen molar-refractivity contribution in [2.75, 3.05) is 37.8 Å². The van der Waals surface area contributed by atoms with E-state index in [9.17, 15) is 10.2 Å². The first kappa shape index (κ1) is 20.8. The minimum atomic E-state index is 0.0115. The summed E-state index contributed by atoms with van der Waals surface area (Å²) in [5, 5.41) is 34.5. The molecule has 2 rings (SSSR count). The first-order valence-corrected chi connectivity index (χ1v) is 9.16. The van der Waals surface area contributed by atoms with Crippen LogP contribution >= 0.6 is 0 Å². The molecule has 0 heterocycles. The van der Waals surface area contributed by atoms with E-state index >= 15 is 0 Å². The molecule has 0 amide bonds. The molecule has 1 aromatic rings. The van der Waals surface area contributed by atoms with Gasteiger partial charge in [-0.2, -0.15) is 0 Å². The van der Waals surface area contributed by atoms with Crippen molar-refractivity contribution in [3.63, 3.8) is 0 Å². The summed E-state index contributed by atoms with van der Waals surface area (Å²) in [5.74, 6) is 0.484. The van der Waals surface area contributed by atoms with Gasteiger partial charge in [-0.25, -0.2) is 4.99 Å². The Kier molecular flexibility index (Phi) is 7.69. The van der Waals surface area contributed by atoms with E-state index < -0.39 is 0 Å². The number of aliphatic hydroxyl groups excluding tert-OH is 2. The van der Waals surface area contributed by atoms with Gasteiger partial charge in [0.25, 0.3) is 0 Å². The molecule has 0 saturated heterocycles. The average molecular weight is 372 g/mol. The molecule has 0 unspecified atom stereocenters. The van der Waals surface area contributed by atoms with Gasteiger partial charge in [-0.15, -0.1) is 0 Å². The Bertz CT molecular complexity index is 750. The van der Waals surface area contributed by atoms with Gasteiger partial charge in [0.05, 0.1) is 42.6 Å². The van der Waals surface area contributed by atoms with Crippen LogP contribution in [0.25, 0.3) is 0 Å². The fourth-order valence-electron chi connectivity index (χ4n) is 2.80. The average Bonchev–Trinajstić information content (AvgIpc) is 2.64. The number of ether oxygens (including phenoxy) is 1. The minimum absolute atomic E-state index is 0.0115. The number of hydrogen-bond donors (Lipinski definition) is 4. The molecule has 7 heteroatoms. The molecule has 7 nitrogen and oxygen atoms in total. The van der Waals surface area contributed by atoms with E-state index in [-0.39, 0.29) is 19.6 Å². The Labute approximate surface area is 160 Å². The largest absolute Gasteiger partial charge is 0.492 e. The number of anilines is 1. The Morgan fingerprint density at radius 3 is 2.44 bits per heavy atom. The van der Waals surface area contributed by atoms with Crippen LogP contribution in [0.15, 0.2) is 35.0 Å². The first-order valence-electron chi connectivity index (χ1n) is 9.16. The lowest BCUT2D eigenvalue weighted by atomic mass is 9.99. The van der Waals surface area contributed by atoms with Gasteiger partial charge in [-0.1, -0.05) is 6.92 Å². The van der Waals surface area contributed by atoms with E-state index in [1.165, 1.54) is 0 Å². The molecule has 0 saturated carbocycles. The zero-order valence-electron chi connectivity index (χ0n) is 16.0. The van der Waals surface area contributed by atoms with Gasteiger partial charge in [-0.3, -0.25) is 0 Å². The second-order valence-electron chi connectivity index (χ2n) is 6.39. The van der Waals surface area contributed by atoms with Crippen LogP contribution < -0.4 is 4.90 Å². The van der Waals surface area contributed by atoms with Crippen LogP contribution in [-0.2, 0) is 4.74 Å². The SMILES string of the molecule is CCCOC1=CC(=Nc2ccc(N(CCO)CCO)cc2C)C(=N)CC1=N. The molecule has 0 fully saturated rings. The van der Waals surface area contributed by atoms with Crippen molar-refractivity contribution in [1.82, 2.24) is 0 Å². The first-order chi connectivity index (χ1) is 13.0. The fraction of sp³-hybridized carbons (Fsp3) is 0.450. The summed E-state index contributed by atoms with van der Waals surface area (Å²) < 4.78 is 5.60. The molecule has 27 heavy (non-hydrogen) atoms. The summed E-state index contributed by atoms with van der Waals surface area (Å²) in [4.78, 5) is 6.51. The maximum Gasteiger partial charge on any atom is 0.142 e. The normalized spacial score (nSPS) is 15.9. The number of aliphatic hydroxyl groups is 2. The van der Waals surface area contributed by atoms with Crippen LogP contribution in [0.5, 0.6) is 0 Å². The molecule has 4 N–H and O–H groups in total. The highest BCUT2D eigenvalue weighted by Gasteiger charge is 2.20. The number of nitrogens with zero attached hydrogens (tertiary/aromatic N) is 2. The monoisotopic (exact) mass is 372 g/mol. The summed E-state index contributed by atoms with van der Waals surface area (Å²) in [6.45, 7) is 5.39. The van der Waals surface area contributed by atoms with Crippen molar-refractivity contribution < 1.29 is 14.9 Å². The van der Waals surface area contributed by atoms with Crippen molar-refractivity contribution in [3.8, 4) is 0 Å². The maximum atomic E-state index is 9.20. The standard InChI is InChI=1S/C20H28N4O3/c1-3-10-27-20-13-19(16(21)12-17(20)22)23-18-5-4-15(11-14(18)2)24(6-8-25)7-9-26/h4-5,11,13,21-22,25-26H,3,6-10,12H2,1-2H3. The minimum Gasteiger partial charge on any atom is -0.492 e. The number of benzene rings is 1. The van der Waals surface area contributed by atoms with Crippen molar-refractivity contribution >= 4 is 28.5 Å². The second-order valence-corrected chi connectivity index (χ2v) is 6.39. The second kappa shape index (κ2) is 9.99. The summed E-state index contributed by atoms with van der Waals surface area (Å²) in [6, 6.07) is 5.72. The predicted molar refractivity (Wildman–Crippen MR) is 109 cm³/mol. The van der Waals surface area contributed by atoms with Gasteiger partial charge < -0.3 is 30.7 Å². The summed E-state index contributed by atoms with van der Waals surface area (Å²) in [5.41, 5.74) is 3.69. The number of aryl methyl sites for hydroxylation is 1. The van der Waals surface area contributed by atoms with Crippen LogP contribution in [0.3, 0.4) is 0 Å². The van der Waals surface area contributed by atoms with E-state index in [4.69, 9.17) is 15.6 Å². The van der Waals surface area contributed by atoms with E-state index in [0.29, 0.717) is 42.6 Å². The Balaban J connectivity index is 2.30. The highest BCUT2D eigenvalue weighted by Crippen LogP contribution is 2.26. The van der Waals surface area contributed by atoms with Gasteiger partial charge in [0.2, 0.25) is 0 Å². The summed E-state index contributed by atoms with van der Waals surface area (Å²) >= 11 is 0. The third-order valence-electron chi connectivity index (χ3n) is 4.22. The van der Waals surface area contributed by atoms with E-state index in [2.05, 4.69) is 4.99 Å². The van der Waals surface area contributed by atoms with E-state index in [1.807, 2.05) is 36.9 Å². The molecule has 0 spiro atoms. The van der Waals surface area contributed by atoms with Gasteiger partial charge >= 0.3 is 0 Å². The Hall–Kier alpha value is -2.51. The van der Waals surface area contributed by atoms with Crippen LogP contribution in [0.2, 0.25) is 0 Å². The molecule has 0 radical (unpaired) electrons. The number of nitrogens with one attached hydrogen (secondary N) is 2. The Morgan fingerprint density at radius 2 is 1.85 bits per heavy atom. The zero-order valence-corrected chi connectivity index (χ0v) is 16.0. The molecule has 1 aliphatic carbocycles. The highest BCUT2D eigenvalue weighted by molar-refractivity contribution is 6.51. The fourth-order valence-corrected chi connectivity index (χ4v) is 2.80. The van der Waals surface area contributed by atoms with Gasteiger partial charge in [0.15, 0.2) is 0 Å². The lowest BCUT2D eigenvalue weighted by molar-refractivity contribution is 0.231. The van der Waals surface area contributed by atoms with Crippen LogP contribution in [-0.4, -0.2) is 60.3 Å². The summed E-state index contributed by atoms with van der Waals surface area (Å²) in [7, 11) is 0. The van der Waals surface area contributed by atoms with Gasteiger partial charge in [-0.05, 0) is 37.1 Å². The molecular weight excluding hydrogens is 344 g/mol. The zero-order chi connectivity index (χ0) is 19.8. The lowest BCUT2D eigenvalue weighted by Crippen LogP contribution is -2.29. The molecule has 0 aliphatic heterocycles. The number of rotatable bonds is 9. The lowest BCUT2D eigenvalue weighted by Gasteiger charge is -2.23. The maximum absolute atomic E-state index is 9.20. The number of allylic oxidation sites excluding steroid dienone is 2. The van der Waals surface area contributed by atoms with Gasteiger partial charge in [0, 0.05) is 31.3 Å². The third kappa shape index (κ3) is 5.48. The molecule has 1 aromatic carbocycles. The van der Waals surface area contributed by atoms with Crippen molar-refractivity contribution in [2.24, 2.45) is 4.99 Å². The van der Waals surface area contributed by atoms with Crippen LogP contribution in [0.4, 0.5) is 11.4 Å². The summed E-state index contributed by atoms with van der Waals surface area (Å²) in [6.07, 6.45) is 2.74. The molecule has 0 bridgehead atoms. The van der Waals surface area contributed by atoms with E-state index in [1.54, 1.807) is 6.08 Å². The van der Waals surface area contributed by atoms with Crippen LogP contribution in [0, 0.1) is 17.7 Å². The smallest absolute Gasteiger partial charge is 0.142 e. The molecule has 146 valence electrons. The predicted octanol–water partition coefficient (Wildman–Crippen LogP) is 2.61. The molecule has 0 aromatic heterocycles. The van der Waals surface area contributed by atoms with Crippen molar-refractivity contribution in [3.05, 3.63) is 35.6 Å². The topological polar surface area (TPSA) is 113 Å². The highest BCUT2D eigenvalue weighted by atomic mass is 16.5. The number of aliphatic imine (C=N–C) groups is 1. The van der Waals surface area contributed by atoms with E-state index in [0.717, 1.165) is 23.4 Å². The molecular formula is C20H28N4O3. The van der Waals surface area contributed by atoms with Crippen LogP contribution in [0.1, 0.15) is 25.3 Å². The number of hydrogen-bond acceptors (Lipinski definition) is 7. The molecule has 1 aliphatic rings. The quantitative estimate of drug-likeness (QED) is 0.533. The van der Waals surface area contributed by atoms with Gasteiger partial charge in [0.1, 0.15) is 5.76 Å². The Morgan fingerprint density at radius 1 is 1.15 bits per heavy atom. The van der Waals surface area contributed by atoms with Crippen molar-refractivity contribution in [2.45, 2.75) is 26.7 Å². The van der Waals surface area contributed by atoms with Crippen molar-refractivity contribution in [1.29, 1.82) is 10.8 Å². The molecule has 0 atom stereocenters. The third-order valence-corrected chi connectivity index (χ3v) is 4.22.